The summed E-state index contributed by atoms with van der Waals surface area (Å²) in [6.07, 6.45) is 0. The zero-order chi connectivity index (χ0) is 9.45. The lowest BCUT2D eigenvalue weighted by atomic mass is 10.8. The molecule has 5 nitrogen and oxygen atoms in total. The molecule has 0 radical (unpaired) electrons. The van der Waals surface area contributed by atoms with Gasteiger partial charge in [-0.1, -0.05) is 0 Å². The maximum Gasteiger partial charge on any atom is 0.501 e. The van der Waals surface area contributed by atoms with E-state index in [4.69, 9.17) is 24.7 Å². The second kappa shape index (κ2) is 6.52. The molecule has 0 amide bonds. The minimum absolute atomic E-state index is 0.452. The van der Waals surface area contributed by atoms with E-state index < -0.39 is 8.80 Å². The van der Waals surface area contributed by atoms with Crippen molar-refractivity contribution in [1.82, 2.24) is 0 Å². The van der Waals surface area contributed by atoms with Crippen molar-refractivity contribution in [1.29, 1.82) is 0 Å². The topological polar surface area (TPSA) is 79.7 Å². The summed E-state index contributed by atoms with van der Waals surface area (Å²) in [6.45, 7) is 1.42. The van der Waals surface area contributed by atoms with E-state index in [-0.39, 0.29) is 0 Å². The third-order valence-corrected chi connectivity index (χ3v) is 4.30. The lowest BCUT2D eigenvalue weighted by Crippen LogP contribution is -2.46. The zero-order valence-electron chi connectivity index (χ0n) is 7.71. The molecule has 0 atom stereocenters. The van der Waals surface area contributed by atoms with Crippen molar-refractivity contribution < 1.29 is 13.3 Å². The molecule has 0 aliphatic heterocycles. The summed E-state index contributed by atoms with van der Waals surface area (Å²) in [5.74, 6) is 0. The molecule has 0 aromatic heterocycles. The Kier molecular flexibility index (Phi) is 6.53. The van der Waals surface area contributed by atoms with Crippen LogP contribution in [0.2, 0.25) is 6.04 Å². The molecule has 0 unspecified atom stereocenters. The molecule has 0 aromatic rings. The van der Waals surface area contributed by atoms with Crippen molar-refractivity contribution in [2.24, 2.45) is 11.5 Å². The summed E-state index contributed by atoms with van der Waals surface area (Å²) in [7, 11) is 0.673. The van der Waals surface area contributed by atoms with E-state index in [1.807, 2.05) is 0 Å². The highest BCUT2D eigenvalue weighted by atomic mass is 28.4. The molecule has 0 spiro atoms. The van der Waals surface area contributed by atoms with E-state index in [2.05, 4.69) is 0 Å². The highest BCUT2D eigenvalue weighted by Crippen LogP contribution is 2.11. The maximum atomic E-state index is 5.41. The second-order valence-electron chi connectivity index (χ2n) is 2.27. The molecule has 12 heavy (non-hydrogen) atoms. The first-order valence-corrected chi connectivity index (χ1v) is 5.82. The Morgan fingerprint density at radius 1 is 1.08 bits per heavy atom. The predicted octanol–water partition coefficient (Wildman–Crippen LogP) is -0.848. The van der Waals surface area contributed by atoms with Crippen LogP contribution in [0, 0.1) is 0 Å². The average molecular weight is 194 g/mol. The Hall–Kier alpha value is 0.0169. The smallest absolute Gasteiger partial charge is 0.377 e. The molecule has 0 saturated carbocycles. The number of hydrogen-bond donors (Lipinski definition) is 2. The maximum absolute atomic E-state index is 5.41. The van der Waals surface area contributed by atoms with Crippen molar-refractivity contribution >= 4 is 8.80 Å². The first kappa shape index (κ1) is 12.0. The normalized spacial score (nSPS) is 12.0. The summed E-state index contributed by atoms with van der Waals surface area (Å²) < 4.78 is 15.8. The first-order valence-electron chi connectivity index (χ1n) is 3.89. The van der Waals surface area contributed by atoms with Crippen LogP contribution < -0.4 is 11.5 Å². The Labute approximate surface area is 74.3 Å². The summed E-state index contributed by atoms with van der Waals surface area (Å²) >= 11 is 0. The molecule has 6 heteroatoms. The number of rotatable bonds is 7. The zero-order valence-corrected chi connectivity index (χ0v) is 8.71. The van der Waals surface area contributed by atoms with E-state index in [0.717, 1.165) is 0 Å². The molecule has 0 heterocycles. The van der Waals surface area contributed by atoms with Gasteiger partial charge in [0.15, 0.2) is 0 Å². The highest BCUT2D eigenvalue weighted by molar-refractivity contribution is 6.60. The van der Waals surface area contributed by atoms with E-state index in [1.165, 1.54) is 0 Å². The third-order valence-electron chi connectivity index (χ3n) is 1.51. The van der Waals surface area contributed by atoms with Crippen molar-refractivity contribution in [3.05, 3.63) is 0 Å². The van der Waals surface area contributed by atoms with E-state index >= 15 is 0 Å². The first-order chi connectivity index (χ1) is 5.74. The van der Waals surface area contributed by atoms with Crippen molar-refractivity contribution in [3.63, 3.8) is 0 Å². The molecule has 0 aliphatic carbocycles. The largest absolute Gasteiger partial charge is 0.501 e. The van der Waals surface area contributed by atoms with Gasteiger partial charge in [0.25, 0.3) is 0 Å². The fraction of sp³-hybridized carbons (Fsp3) is 1.00. The molecule has 0 aliphatic rings. The second-order valence-corrected chi connectivity index (χ2v) is 5.24. The van der Waals surface area contributed by atoms with Crippen molar-refractivity contribution in [2.45, 2.75) is 6.04 Å². The summed E-state index contributed by atoms with van der Waals surface area (Å²) in [5, 5.41) is 0. The van der Waals surface area contributed by atoms with Crippen LogP contribution in [0.4, 0.5) is 0 Å². The lowest BCUT2D eigenvalue weighted by Gasteiger charge is -2.25. The van der Waals surface area contributed by atoms with Gasteiger partial charge in [0.1, 0.15) is 0 Å². The van der Waals surface area contributed by atoms with Gasteiger partial charge in [-0.2, -0.15) is 0 Å². The van der Waals surface area contributed by atoms with Crippen LogP contribution in [0.25, 0.3) is 0 Å². The van der Waals surface area contributed by atoms with Gasteiger partial charge in [0.05, 0.1) is 6.61 Å². The molecule has 0 saturated heterocycles. The van der Waals surface area contributed by atoms with Crippen LogP contribution in [-0.2, 0) is 13.3 Å². The molecular weight excluding hydrogens is 176 g/mol. The van der Waals surface area contributed by atoms with Crippen molar-refractivity contribution in [2.75, 3.05) is 33.9 Å². The quantitative estimate of drug-likeness (QED) is 0.516. The van der Waals surface area contributed by atoms with Crippen molar-refractivity contribution in [3.8, 4) is 0 Å². The van der Waals surface area contributed by atoms with Gasteiger partial charge in [0, 0.05) is 26.8 Å². The fourth-order valence-electron chi connectivity index (χ4n) is 0.869. The van der Waals surface area contributed by atoms with E-state index in [1.54, 1.807) is 14.2 Å². The third kappa shape index (κ3) is 3.61. The Morgan fingerprint density at radius 3 is 2.00 bits per heavy atom. The molecule has 0 rings (SSSR count). The summed E-state index contributed by atoms with van der Waals surface area (Å²) in [4.78, 5) is 0. The van der Waals surface area contributed by atoms with Gasteiger partial charge >= 0.3 is 8.80 Å². The minimum Gasteiger partial charge on any atom is -0.377 e. The van der Waals surface area contributed by atoms with Gasteiger partial charge in [-0.3, -0.25) is 0 Å². The standard InChI is InChI=1S/C6H18N2O3Si/c1-9-12(10-2,6-4-8)11-5-3-7/h3-8H2,1-2H3. The number of hydrogen-bond acceptors (Lipinski definition) is 5. The van der Waals surface area contributed by atoms with Crippen LogP contribution in [0.3, 0.4) is 0 Å². The van der Waals surface area contributed by atoms with Crippen LogP contribution in [-0.4, -0.2) is 42.7 Å². The number of nitrogens with two attached hydrogens (primary N) is 2. The van der Waals surface area contributed by atoms with Gasteiger partial charge < -0.3 is 24.7 Å². The monoisotopic (exact) mass is 194 g/mol. The van der Waals surface area contributed by atoms with Crippen LogP contribution in [0.1, 0.15) is 0 Å². The Bertz CT molecular complexity index is 111. The minimum atomic E-state index is -2.47. The Balaban J connectivity index is 3.95. The molecule has 0 aromatic carbocycles. The van der Waals surface area contributed by atoms with Gasteiger partial charge in [-0.05, 0) is 6.54 Å². The predicted molar refractivity (Wildman–Crippen MR) is 48.6 cm³/mol. The summed E-state index contributed by atoms with van der Waals surface area (Å²) in [6, 6.07) is 0.625. The van der Waals surface area contributed by atoms with Crippen LogP contribution in [0.15, 0.2) is 0 Å². The van der Waals surface area contributed by atoms with Crippen LogP contribution >= 0.6 is 0 Å². The summed E-state index contributed by atoms with van der Waals surface area (Å²) in [5.41, 5.74) is 10.7. The van der Waals surface area contributed by atoms with Crippen LogP contribution in [0.5, 0.6) is 0 Å². The molecule has 0 bridgehead atoms. The lowest BCUT2D eigenvalue weighted by molar-refractivity contribution is 0.102. The van der Waals surface area contributed by atoms with Gasteiger partial charge in [0.2, 0.25) is 0 Å². The highest BCUT2D eigenvalue weighted by Gasteiger charge is 2.37. The van der Waals surface area contributed by atoms with E-state index in [9.17, 15) is 0 Å². The molecule has 74 valence electrons. The Morgan fingerprint density at radius 2 is 1.67 bits per heavy atom. The average Bonchev–Trinajstić information content (AvgIpc) is 2.13. The van der Waals surface area contributed by atoms with Gasteiger partial charge in [-0.15, -0.1) is 0 Å². The van der Waals surface area contributed by atoms with Gasteiger partial charge in [-0.25, -0.2) is 0 Å². The molecular formula is C6H18N2O3Si. The van der Waals surface area contributed by atoms with E-state index in [0.29, 0.717) is 25.7 Å². The molecule has 0 fully saturated rings. The molecule has 4 N–H and O–H groups in total. The SMILES string of the molecule is CO[Si](CCN)(OC)OCCN. The fourth-order valence-corrected chi connectivity index (χ4v) is 2.61.